The molecule has 3 heterocycles. The minimum Gasteiger partial charge on any atom is -0.493 e. The Morgan fingerprint density at radius 1 is 1.17 bits per heavy atom. The highest BCUT2D eigenvalue weighted by molar-refractivity contribution is 5.80. The largest absolute Gasteiger partial charge is 0.493 e. The number of benzene rings is 1. The number of alkyl halides is 1. The van der Waals surface area contributed by atoms with Crippen LogP contribution in [-0.2, 0) is 4.79 Å². The molecule has 9 heteroatoms. The van der Waals surface area contributed by atoms with Crippen molar-refractivity contribution in [1.82, 2.24) is 19.8 Å². The van der Waals surface area contributed by atoms with E-state index in [-0.39, 0.29) is 0 Å². The summed E-state index contributed by atoms with van der Waals surface area (Å²) in [5, 5.41) is 10.6. The Bertz CT molecular complexity index is 972. The number of nitrogens with two attached hydrogens (primary N) is 1. The molecule has 2 aromatic rings. The lowest BCUT2D eigenvalue weighted by Gasteiger charge is -2.34. The van der Waals surface area contributed by atoms with Crippen molar-refractivity contribution >= 4 is 5.91 Å². The van der Waals surface area contributed by atoms with Crippen LogP contribution >= 0.6 is 0 Å². The number of likely N-dealkylation sites (tertiary alicyclic amines) is 2. The van der Waals surface area contributed by atoms with Gasteiger partial charge in [-0.25, -0.2) is 4.39 Å². The van der Waals surface area contributed by atoms with Gasteiger partial charge in [0.05, 0.1) is 30.7 Å². The van der Waals surface area contributed by atoms with Crippen molar-refractivity contribution in [2.24, 2.45) is 11.7 Å². The molecule has 0 radical (unpaired) electrons. The summed E-state index contributed by atoms with van der Waals surface area (Å²) in [7, 11) is 0. The van der Waals surface area contributed by atoms with Crippen molar-refractivity contribution in [1.29, 1.82) is 0 Å². The molecule has 1 aromatic heterocycles. The number of aliphatic hydroxyl groups excluding tert-OH is 1. The quantitative estimate of drug-likeness (QED) is 0.563. The van der Waals surface area contributed by atoms with E-state index in [2.05, 4.69) is 14.9 Å². The van der Waals surface area contributed by atoms with E-state index in [1.54, 1.807) is 24.9 Å². The number of ether oxygens (including phenoxy) is 1. The first kappa shape index (κ1) is 25.5. The van der Waals surface area contributed by atoms with E-state index in [1.807, 2.05) is 24.3 Å². The lowest BCUT2D eigenvalue weighted by atomic mass is 9.97. The van der Waals surface area contributed by atoms with Crippen LogP contribution in [0.5, 0.6) is 5.75 Å². The van der Waals surface area contributed by atoms with Gasteiger partial charge < -0.3 is 20.5 Å². The Morgan fingerprint density at radius 3 is 2.49 bits per heavy atom. The normalized spacial score (nSPS) is 21.2. The van der Waals surface area contributed by atoms with Gasteiger partial charge in [-0.15, -0.1) is 0 Å². The number of primary amides is 1. The molecule has 0 spiro atoms. The van der Waals surface area contributed by atoms with Crippen molar-refractivity contribution in [3.05, 3.63) is 42.4 Å². The molecular formula is C26H36FN5O3. The predicted molar refractivity (Wildman–Crippen MR) is 131 cm³/mol. The number of rotatable bonds is 9. The Kier molecular flexibility index (Phi) is 7.98. The van der Waals surface area contributed by atoms with Crippen molar-refractivity contribution < 1.29 is 19.0 Å². The number of aliphatic hydroxyl groups is 1. The van der Waals surface area contributed by atoms with E-state index < -0.39 is 23.8 Å². The number of halogens is 1. The number of hydrogen-bond acceptors (Lipinski definition) is 7. The summed E-state index contributed by atoms with van der Waals surface area (Å²) in [6, 6.07) is 7.23. The van der Waals surface area contributed by atoms with Crippen molar-refractivity contribution in [2.75, 3.05) is 32.8 Å². The van der Waals surface area contributed by atoms with Crippen molar-refractivity contribution in [2.45, 2.75) is 57.5 Å². The van der Waals surface area contributed by atoms with Gasteiger partial charge in [-0.05, 0) is 82.8 Å². The van der Waals surface area contributed by atoms with Crippen molar-refractivity contribution in [3.8, 4) is 17.0 Å². The minimum absolute atomic E-state index is 0.392. The molecule has 0 bridgehead atoms. The average Bonchev–Trinajstić information content (AvgIpc) is 3.33. The monoisotopic (exact) mass is 485 g/mol. The predicted octanol–water partition coefficient (Wildman–Crippen LogP) is 2.92. The fourth-order valence-electron chi connectivity index (χ4n) is 4.96. The van der Waals surface area contributed by atoms with Crippen LogP contribution in [0.1, 0.15) is 51.5 Å². The molecule has 2 atom stereocenters. The molecule has 190 valence electrons. The summed E-state index contributed by atoms with van der Waals surface area (Å²) in [6.45, 7) is 6.80. The molecule has 1 aromatic carbocycles. The summed E-state index contributed by atoms with van der Waals surface area (Å²) in [5.74, 6) is 0.843. The first-order valence-electron chi connectivity index (χ1n) is 12.4. The molecule has 4 rings (SSSR count). The number of carbonyl (C=O) groups excluding carboxylic acids is 1. The summed E-state index contributed by atoms with van der Waals surface area (Å²) >= 11 is 0. The SMILES string of the molecule is CC(C)(F)CN1CCC(COc2ccc(-c3cnc([C@@H](O)N4CCC[C@H]4C(N)=O)cn3)cc2)CC1. The van der Waals surface area contributed by atoms with Gasteiger partial charge in [-0.2, -0.15) is 0 Å². The fourth-order valence-corrected chi connectivity index (χ4v) is 4.96. The Labute approximate surface area is 206 Å². The molecule has 8 nitrogen and oxygen atoms in total. The van der Waals surface area contributed by atoms with E-state index in [0.29, 0.717) is 43.4 Å². The number of piperidine rings is 1. The van der Waals surface area contributed by atoms with Gasteiger partial charge in [0.15, 0.2) is 6.23 Å². The molecule has 2 aliphatic rings. The second-order valence-electron chi connectivity index (χ2n) is 10.3. The standard InChI is InChI=1S/C26H36FN5O3/c1-26(2,27)17-31-12-9-18(10-13-31)16-35-20-7-5-19(6-8-20)21-14-30-22(15-29-21)25(34)32-11-3-4-23(32)24(28)33/h5-8,14-15,18,23,25,34H,3-4,9-13,16-17H2,1-2H3,(H2,28,33)/t23-,25+/m0/s1. The Morgan fingerprint density at radius 2 is 1.89 bits per heavy atom. The van der Waals surface area contributed by atoms with Crippen LogP contribution in [0.25, 0.3) is 11.3 Å². The fraction of sp³-hybridized carbons (Fsp3) is 0.577. The van der Waals surface area contributed by atoms with E-state index in [9.17, 15) is 14.3 Å². The number of amides is 1. The zero-order valence-corrected chi connectivity index (χ0v) is 20.6. The van der Waals surface area contributed by atoms with Gasteiger partial charge in [0.2, 0.25) is 5.91 Å². The molecule has 0 aliphatic carbocycles. The van der Waals surface area contributed by atoms with E-state index in [0.717, 1.165) is 43.7 Å². The third-order valence-electron chi connectivity index (χ3n) is 6.82. The summed E-state index contributed by atoms with van der Waals surface area (Å²) in [5.41, 5.74) is 6.27. The maximum atomic E-state index is 13.9. The highest BCUT2D eigenvalue weighted by atomic mass is 19.1. The van der Waals surface area contributed by atoms with Gasteiger partial charge in [-0.3, -0.25) is 19.7 Å². The molecular weight excluding hydrogens is 449 g/mol. The topological polar surface area (TPSA) is 105 Å². The lowest BCUT2D eigenvalue weighted by Crippen LogP contribution is -2.42. The smallest absolute Gasteiger partial charge is 0.234 e. The van der Waals surface area contributed by atoms with E-state index >= 15 is 0 Å². The maximum Gasteiger partial charge on any atom is 0.234 e. The summed E-state index contributed by atoms with van der Waals surface area (Å²) in [4.78, 5) is 24.3. The molecule has 0 saturated carbocycles. The third-order valence-corrected chi connectivity index (χ3v) is 6.82. The highest BCUT2D eigenvalue weighted by Crippen LogP contribution is 2.28. The van der Waals surface area contributed by atoms with Gasteiger partial charge in [0, 0.05) is 18.7 Å². The zero-order valence-electron chi connectivity index (χ0n) is 20.6. The van der Waals surface area contributed by atoms with Crippen LogP contribution in [0, 0.1) is 5.92 Å². The Balaban J connectivity index is 1.28. The number of aromatic nitrogens is 2. The Hall–Kier alpha value is -2.62. The lowest BCUT2D eigenvalue weighted by molar-refractivity contribution is -0.126. The van der Waals surface area contributed by atoms with Gasteiger partial charge in [-0.1, -0.05) is 0 Å². The average molecular weight is 486 g/mol. The summed E-state index contributed by atoms with van der Waals surface area (Å²) in [6.07, 6.45) is 5.62. The molecule has 0 unspecified atom stereocenters. The highest BCUT2D eigenvalue weighted by Gasteiger charge is 2.34. The summed E-state index contributed by atoms with van der Waals surface area (Å²) < 4.78 is 19.9. The molecule has 2 fully saturated rings. The van der Waals surface area contributed by atoms with Crippen LogP contribution in [0.2, 0.25) is 0 Å². The number of nitrogens with zero attached hydrogens (tertiary/aromatic N) is 4. The van der Waals surface area contributed by atoms with Crippen LogP contribution in [0.3, 0.4) is 0 Å². The maximum absolute atomic E-state index is 13.9. The van der Waals surface area contributed by atoms with Crippen LogP contribution in [0.4, 0.5) is 4.39 Å². The minimum atomic E-state index is -1.16. The van der Waals surface area contributed by atoms with Gasteiger partial charge in [0.1, 0.15) is 17.1 Å². The first-order valence-corrected chi connectivity index (χ1v) is 12.4. The third kappa shape index (κ3) is 6.74. The van der Waals surface area contributed by atoms with Crippen LogP contribution in [0.15, 0.2) is 36.7 Å². The second-order valence-corrected chi connectivity index (χ2v) is 10.3. The van der Waals surface area contributed by atoms with E-state index in [1.165, 1.54) is 6.20 Å². The number of carbonyl (C=O) groups is 1. The molecule has 2 aliphatic heterocycles. The van der Waals surface area contributed by atoms with Gasteiger partial charge >= 0.3 is 0 Å². The van der Waals surface area contributed by atoms with Gasteiger partial charge in [0.25, 0.3) is 0 Å². The first-order chi connectivity index (χ1) is 16.7. The van der Waals surface area contributed by atoms with Crippen molar-refractivity contribution in [3.63, 3.8) is 0 Å². The molecule has 1 amide bonds. The molecule has 3 N–H and O–H groups in total. The molecule has 2 saturated heterocycles. The van der Waals surface area contributed by atoms with Crippen LogP contribution in [-0.4, -0.2) is 75.3 Å². The second kappa shape index (κ2) is 11.0. The zero-order chi connectivity index (χ0) is 25.0. The van der Waals surface area contributed by atoms with E-state index in [4.69, 9.17) is 10.5 Å². The number of hydrogen-bond donors (Lipinski definition) is 2. The molecule has 35 heavy (non-hydrogen) atoms. The van der Waals surface area contributed by atoms with Crippen LogP contribution < -0.4 is 10.5 Å².